The van der Waals surface area contributed by atoms with E-state index in [9.17, 15) is 0 Å². The summed E-state index contributed by atoms with van der Waals surface area (Å²) in [6.07, 6.45) is 4.54. The van der Waals surface area contributed by atoms with Crippen LogP contribution in [-0.4, -0.2) is 88.3 Å². The van der Waals surface area contributed by atoms with Crippen LogP contribution in [0.1, 0.15) is 17.8 Å². The lowest BCUT2D eigenvalue weighted by atomic mass is 10.1. The van der Waals surface area contributed by atoms with Crippen molar-refractivity contribution < 1.29 is 9.13 Å². The number of halogens is 1. The Morgan fingerprint density at radius 2 is 1.83 bits per heavy atom. The van der Waals surface area contributed by atoms with Crippen molar-refractivity contribution in [3.05, 3.63) is 35.2 Å². The molecule has 3 fully saturated rings. The first-order chi connectivity index (χ1) is 17.2. The number of ether oxygens (including phenoxy) is 1. The zero-order valence-electron chi connectivity index (χ0n) is 19.5. The molecule has 0 spiro atoms. The van der Waals surface area contributed by atoms with Gasteiger partial charge in [0, 0.05) is 62.4 Å². The van der Waals surface area contributed by atoms with Crippen LogP contribution in [0, 0.1) is 5.82 Å². The summed E-state index contributed by atoms with van der Waals surface area (Å²) < 4.78 is 20.7. The second kappa shape index (κ2) is 8.77. The maximum atomic E-state index is 15.1. The van der Waals surface area contributed by atoms with Gasteiger partial charge in [0.25, 0.3) is 0 Å². The Bertz CT molecular complexity index is 1370. The predicted octanol–water partition coefficient (Wildman–Crippen LogP) is 3.49. The van der Waals surface area contributed by atoms with Crippen molar-refractivity contribution >= 4 is 38.4 Å². The fraction of sp³-hybridized carbons (Fsp3) is 0.480. The summed E-state index contributed by atoms with van der Waals surface area (Å²) >= 11 is 1.61. The molecule has 8 nitrogen and oxygen atoms in total. The average Bonchev–Trinajstić information content (AvgIpc) is 3.49. The number of aromatic nitrogens is 4. The number of fused-ring (bicyclic) bond motifs is 2. The molecule has 10 heteroatoms. The molecule has 4 aromatic rings. The van der Waals surface area contributed by atoms with Crippen molar-refractivity contribution in [2.24, 2.45) is 0 Å². The van der Waals surface area contributed by atoms with Crippen LogP contribution in [0.4, 0.5) is 10.2 Å². The van der Waals surface area contributed by atoms with Crippen LogP contribution in [0.15, 0.2) is 24.4 Å². The summed E-state index contributed by atoms with van der Waals surface area (Å²) in [6.45, 7) is 7.99. The number of benzene rings is 1. The minimum atomic E-state index is -0.317. The summed E-state index contributed by atoms with van der Waals surface area (Å²) in [5.41, 5.74) is 2.12. The van der Waals surface area contributed by atoms with Gasteiger partial charge in [-0.3, -0.25) is 9.80 Å². The second-order valence-corrected chi connectivity index (χ2v) is 10.7. The molecule has 3 aromatic heterocycles. The summed E-state index contributed by atoms with van der Waals surface area (Å²) in [5.74, 6) is 0.874. The molecule has 35 heavy (non-hydrogen) atoms. The lowest BCUT2D eigenvalue weighted by Crippen LogP contribution is -2.46. The quantitative estimate of drug-likeness (QED) is 0.456. The van der Waals surface area contributed by atoms with E-state index in [-0.39, 0.29) is 5.82 Å². The third-order valence-corrected chi connectivity index (χ3v) is 8.27. The van der Waals surface area contributed by atoms with E-state index in [2.05, 4.69) is 19.7 Å². The Labute approximate surface area is 206 Å². The summed E-state index contributed by atoms with van der Waals surface area (Å²) in [6, 6.07) is 5.95. The number of rotatable bonds is 5. The van der Waals surface area contributed by atoms with E-state index in [1.807, 2.05) is 12.3 Å². The third-order valence-electron chi connectivity index (χ3n) is 7.33. The predicted molar refractivity (Wildman–Crippen MR) is 135 cm³/mol. The lowest BCUT2D eigenvalue weighted by Gasteiger charge is -2.34. The molecule has 1 aromatic carbocycles. The Kier molecular flexibility index (Phi) is 5.42. The normalized spacial score (nSPS) is 20.3. The number of piperazine rings is 1. The molecular weight excluding hydrogens is 465 g/mol. The number of aromatic amines is 1. The van der Waals surface area contributed by atoms with Gasteiger partial charge in [-0.1, -0.05) is 11.3 Å². The zero-order valence-corrected chi connectivity index (χ0v) is 20.4. The van der Waals surface area contributed by atoms with Gasteiger partial charge in [0.2, 0.25) is 0 Å². The minimum absolute atomic E-state index is 0.317. The number of morpholine rings is 1. The monoisotopic (exact) mass is 493 g/mol. The van der Waals surface area contributed by atoms with Gasteiger partial charge >= 0.3 is 0 Å². The number of anilines is 1. The number of nitrogens with zero attached hydrogens (tertiary/aromatic N) is 6. The first kappa shape index (κ1) is 21.6. The first-order valence-electron chi connectivity index (χ1n) is 12.5. The highest BCUT2D eigenvalue weighted by Gasteiger charge is 2.31. The van der Waals surface area contributed by atoms with Gasteiger partial charge in [0.1, 0.15) is 21.2 Å². The zero-order chi connectivity index (χ0) is 23.4. The van der Waals surface area contributed by atoms with Crippen LogP contribution in [0.3, 0.4) is 0 Å². The number of nitrogens with one attached hydrogen (secondary N) is 1. The standard InChI is InChI=1S/C25H28FN7OS/c26-18-3-4-19-17(5-6-27-19)21(18)23-29-24(33-11-13-34-14-12-33)22-25(30-23)35-20(28-22)15-31-7-9-32(10-8-31)16-1-2-16/h3-6,16,27H,1-2,7-15H2. The fourth-order valence-electron chi connectivity index (χ4n) is 5.28. The highest BCUT2D eigenvalue weighted by Crippen LogP contribution is 2.35. The van der Waals surface area contributed by atoms with E-state index in [4.69, 9.17) is 19.7 Å². The summed E-state index contributed by atoms with van der Waals surface area (Å²) in [4.78, 5) is 26.1. The number of H-pyrrole nitrogens is 1. The van der Waals surface area contributed by atoms with Crippen molar-refractivity contribution in [3.8, 4) is 11.4 Å². The van der Waals surface area contributed by atoms with Crippen LogP contribution in [0.25, 0.3) is 32.6 Å². The highest BCUT2D eigenvalue weighted by molar-refractivity contribution is 7.18. The van der Waals surface area contributed by atoms with Crippen molar-refractivity contribution in [1.29, 1.82) is 0 Å². The Morgan fingerprint density at radius 1 is 1.00 bits per heavy atom. The van der Waals surface area contributed by atoms with Crippen molar-refractivity contribution in [2.45, 2.75) is 25.4 Å². The maximum Gasteiger partial charge on any atom is 0.166 e. The first-order valence-corrected chi connectivity index (χ1v) is 13.3. The molecule has 5 heterocycles. The van der Waals surface area contributed by atoms with Gasteiger partial charge in [-0.15, -0.1) is 0 Å². The molecular formula is C25H28FN7OS. The number of thiazole rings is 1. The number of hydrogen-bond donors (Lipinski definition) is 1. The molecule has 7 rings (SSSR count). The smallest absolute Gasteiger partial charge is 0.166 e. The van der Waals surface area contributed by atoms with E-state index in [1.165, 1.54) is 18.9 Å². The van der Waals surface area contributed by atoms with Crippen LogP contribution in [-0.2, 0) is 11.3 Å². The summed E-state index contributed by atoms with van der Waals surface area (Å²) in [7, 11) is 0. The Morgan fingerprint density at radius 3 is 2.63 bits per heavy atom. The SMILES string of the molecule is Fc1ccc2[nH]ccc2c1-c1nc(N2CCOCC2)c2nc(CN3CCN(C4CC4)CC3)sc2n1. The molecule has 1 saturated carbocycles. The molecule has 0 amide bonds. The molecule has 1 N–H and O–H groups in total. The van der Waals surface area contributed by atoms with Crippen molar-refractivity contribution in [1.82, 2.24) is 29.7 Å². The van der Waals surface area contributed by atoms with Gasteiger partial charge < -0.3 is 14.6 Å². The van der Waals surface area contributed by atoms with E-state index >= 15 is 4.39 Å². The van der Waals surface area contributed by atoms with E-state index in [0.717, 1.165) is 83.9 Å². The average molecular weight is 494 g/mol. The Balaban J connectivity index is 1.26. The molecule has 0 bridgehead atoms. The number of hydrogen-bond acceptors (Lipinski definition) is 8. The topological polar surface area (TPSA) is 73.4 Å². The van der Waals surface area contributed by atoms with Crippen LogP contribution in [0.2, 0.25) is 0 Å². The minimum Gasteiger partial charge on any atom is -0.378 e. The molecule has 0 radical (unpaired) electrons. The third kappa shape index (κ3) is 4.08. The van der Waals surface area contributed by atoms with E-state index in [0.29, 0.717) is 24.6 Å². The van der Waals surface area contributed by atoms with Crippen LogP contribution < -0.4 is 4.90 Å². The molecule has 2 saturated heterocycles. The Hall–Kier alpha value is -2.66. The van der Waals surface area contributed by atoms with E-state index in [1.54, 1.807) is 17.4 Å². The molecule has 1 aliphatic carbocycles. The molecule has 0 atom stereocenters. The molecule has 2 aliphatic heterocycles. The van der Waals surface area contributed by atoms with Gasteiger partial charge in [-0.05, 0) is 31.0 Å². The van der Waals surface area contributed by atoms with Crippen molar-refractivity contribution in [2.75, 3.05) is 57.4 Å². The summed E-state index contributed by atoms with van der Waals surface area (Å²) in [5, 5.41) is 1.83. The molecule has 3 aliphatic rings. The maximum absolute atomic E-state index is 15.1. The van der Waals surface area contributed by atoms with Crippen molar-refractivity contribution in [3.63, 3.8) is 0 Å². The lowest BCUT2D eigenvalue weighted by molar-refractivity contribution is 0.121. The van der Waals surface area contributed by atoms with Gasteiger partial charge in [-0.2, -0.15) is 0 Å². The van der Waals surface area contributed by atoms with Gasteiger partial charge in [-0.25, -0.2) is 19.3 Å². The van der Waals surface area contributed by atoms with Crippen LogP contribution in [0.5, 0.6) is 0 Å². The largest absolute Gasteiger partial charge is 0.378 e. The highest BCUT2D eigenvalue weighted by atomic mass is 32.1. The molecule has 182 valence electrons. The van der Waals surface area contributed by atoms with E-state index < -0.39 is 0 Å². The van der Waals surface area contributed by atoms with Gasteiger partial charge in [0.15, 0.2) is 11.6 Å². The van der Waals surface area contributed by atoms with Crippen LogP contribution >= 0.6 is 11.3 Å². The second-order valence-electron chi connectivity index (χ2n) is 9.64. The fourth-order valence-corrected chi connectivity index (χ4v) is 6.25. The van der Waals surface area contributed by atoms with Gasteiger partial charge in [0.05, 0.1) is 25.3 Å². The molecule has 0 unspecified atom stereocenters.